The lowest BCUT2D eigenvalue weighted by Gasteiger charge is -2.23. The number of urea groups is 1. The zero-order valence-corrected chi connectivity index (χ0v) is 14.8. The maximum absolute atomic E-state index is 12.5. The minimum absolute atomic E-state index is 0.198. The number of fused-ring (bicyclic) bond motifs is 1. The summed E-state index contributed by atoms with van der Waals surface area (Å²) < 4.78 is 0. The Morgan fingerprint density at radius 1 is 0.926 bits per heavy atom. The van der Waals surface area contributed by atoms with Gasteiger partial charge >= 0.3 is 6.03 Å². The van der Waals surface area contributed by atoms with Gasteiger partial charge in [0.15, 0.2) is 0 Å². The molecule has 1 aliphatic heterocycles. The number of hydrogen-bond acceptors (Lipinski definition) is 4. The van der Waals surface area contributed by atoms with Gasteiger partial charge in [-0.05, 0) is 24.1 Å². The number of amides is 5. The number of carbonyl (C=O) groups is 4. The molecule has 0 saturated carbocycles. The topological polar surface area (TPSA) is 95.6 Å². The molecule has 1 atom stereocenters. The minimum atomic E-state index is -1.06. The van der Waals surface area contributed by atoms with Crippen molar-refractivity contribution >= 4 is 23.8 Å². The summed E-state index contributed by atoms with van der Waals surface area (Å²) in [5.41, 5.74) is 1.41. The highest BCUT2D eigenvalue weighted by Gasteiger charge is 2.42. The summed E-state index contributed by atoms with van der Waals surface area (Å²) in [6.07, 6.45) is 0.198. The molecule has 0 spiro atoms. The van der Waals surface area contributed by atoms with Crippen molar-refractivity contribution in [3.05, 3.63) is 71.3 Å². The molecule has 1 heterocycles. The van der Waals surface area contributed by atoms with E-state index in [1.807, 2.05) is 30.3 Å². The highest BCUT2D eigenvalue weighted by Crippen LogP contribution is 2.25. The van der Waals surface area contributed by atoms with Crippen LogP contribution in [0.3, 0.4) is 0 Å². The van der Waals surface area contributed by atoms with Crippen molar-refractivity contribution < 1.29 is 19.2 Å². The van der Waals surface area contributed by atoms with Crippen molar-refractivity contribution in [2.24, 2.45) is 0 Å². The van der Waals surface area contributed by atoms with E-state index in [1.54, 1.807) is 31.2 Å². The van der Waals surface area contributed by atoms with E-state index in [-0.39, 0.29) is 24.1 Å². The zero-order chi connectivity index (χ0) is 19.4. The third-order valence-electron chi connectivity index (χ3n) is 4.36. The fourth-order valence-corrected chi connectivity index (χ4v) is 2.99. The van der Waals surface area contributed by atoms with Crippen LogP contribution in [0.25, 0.3) is 0 Å². The van der Waals surface area contributed by atoms with E-state index in [2.05, 4.69) is 10.6 Å². The van der Waals surface area contributed by atoms with Crippen LogP contribution in [0.15, 0.2) is 54.6 Å². The lowest BCUT2D eigenvalue weighted by molar-refractivity contribution is -0.124. The van der Waals surface area contributed by atoms with Crippen LogP contribution < -0.4 is 10.6 Å². The van der Waals surface area contributed by atoms with Crippen LogP contribution in [-0.4, -0.2) is 34.7 Å². The molecule has 2 aromatic rings. The molecule has 0 aliphatic carbocycles. The molecule has 0 bridgehead atoms. The predicted molar refractivity (Wildman–Crippen MR) is 97.8 cm³/mol. The van der Waals surface area contributed by atoms with Gasteiger partial charge in [-0.15, -0.1) is 0 Å². The first kappa shape index (κ1) is 18.3. The molecule has 3 rings (SSSR count). The average Bonchev–Trinajstić information content (AvgIpc) is 2.93. The Balaban J connectivity index is 1.65. The van der Waals surface area contributed by atoms with Gasteiger partial charge in [0.05, 0.1) is 11.1 Å². The fraction of sp³-hybridized carbons (Fsp3) is 0.200. The number of hydrogen-bond donors (Lipinski definition) is 2. The molecular formula is C20H19N3O4. The fourth-order valence-electron chi connectivity index (χ4n) is 2.99. The van der Waals surface area contributed by atoms with Crippen LogP contribution in [-0.2, 0) is 11.3 Å². The molecule has 7 heteroatoms. The second kappa shape index (κ2) is 7.82. The van der Waals surface area contributed by atoms with E-state index in [0.717, 1.165) is 10.5 Å². The van der Waals surface area contributed by atoms with Crippen molar-refractivity contribution in [3.63, 3.8) is 0 Å². The minimum Gasteiger partial charge on any atom is -0.334 e. The van der Waals surface area contributed by atoms with Gasteiger partial charge in [-0.25, -0.2) is 4.79 Å². The molecule has 2 aromatic carbocycles. The van der Waals surface area contributed by atoms with Gasteiger partial charge in [0.1, 0.15) is 6.04 Å². The first-order valence-electron chi connectivity index (χ1n) is 8.62. The lowest BCUT2D eigenvalue weighted by atomic mass is 10.1. The normalized spacial score (nSPS) is 13.9. The zero-order valence-electron chi connectivity index (χ0n) is 14.8. The summed E-state index contributed by atoms with van der Waals surface area (Å²) in [6.45, 7) is 1.93. The van der Waals surface area contributed by atoms with E-state index in [4.69, 9.17) is 0 Å². The number of nitrogens with zero attached hydrogens (tertiary/aromatic N) is 1. The van der Waals surface area contributed by atoms with Gasteiger partial charge in [0.25, 0.3) is 17.7 Å². The van der Waals surface area contributed by atoms with Gasteiger partial charge in [-0.2, -0.15) is 0 Å². The number of rotatable bonds is 5. The molecule has 0 saturated heterocycles. The predicted octanol–water partition coefficient (Wildman–Crippen LogP) is 2.09. The van der Waals surface area contributed by atoms with E-state index in [9.17, 15) is 19.2 Å². The van der Waals surface area contributed by atoms with Crippen LogP contribution in [0.5, 0.6) is 0 Å². The van der Waals surface area contributed by atoms with Gasteiger partial charge in [0.2, 0.25) is 0 Å². The lowest BCUT2D eigenvalue weighted by Crippen LogP contribution is -2.52. The second-order valence-corrected chi connectivity index (χ2v) is 6.11. The molecule has 138 valence electrons. The molecule has 27 heavy (non-hydrogen) atoms. The summed E-state index contributed by atoms with van der Waals surface area (Å²) >= 11 is 0. The second-order valence-electron chi connectivity index (χ2n) is 6.11. The van der Waals surface area contributed by atoms with E-state index in [0.29, 0.717) is 0 Å². The highest BCUT2D eigenvalue weighted by molar-refractivity contribution is 6.23. The molecule has 0 aromatic heterocycles. The van der Waals surface area contributed by atoms with Crippen molar-refractivity contribution in [1.82, 2.24) is 15.5 Å². The van der Waals surface area contributed by atoms with E-state index >= 15 is 0 Å². The molecule has 1 aliphatic rings. The van der Waals surface area contributed by atoms with Crippen molar-refractivity contribution in [3.8, 4) is 0 Å². The SMILES string of the molecule is CC[C@@H](C(=O)NC(=O)NCc1ccccc1)N1C(=O)c2ccccc2C1=O. The summed E-state index contributed by atoms with van der Waals surface area (Å²) in [4.78, 5) is 50.5. The van der Waals surface area contributed by atoms with E-state index in [1.165, 1.54) is 0 Å². The van der Waals surface area contributed by atoms with Crippen LogP contribution in [0.1, 0.15) is 39.6 Å². The monoisotopic (exact) mass is 365 g/mol. The molecule has 7 nitrogen and oxygen atoms in total. The number of imide groups is 2. The van der Waals surface area contributed by atoms with Gasteiger partial charge in [0, 0.05) is 6.54 Å². The molecule has 0 unspecified atom stereocenters. The third kappa shape index (κ3) is 3.72. The quantitative estimate of drug-likeness (QED) is 0.793. The number of benzene rings is 2. The summed E-state index contributed by atoms with van der Waals surface area (Å²) in [7, 11) is 0. The Morgan fingerprint density at radius 2 is 1.48 bits per heavy atom. The van der Waals surface area contributed by atoms with Crippen LogP contribution in [0.2, 0.25) is 0 Å². The Labute approximate surface area is 156 Å². The van der Waals surface area contributed by atoms with Crippen LogP contribution in [0, 0.1) is 0 Å². The standard InChI is InChI=1S/C20H19N3O4/c1-2-16(23-18(25)14-10-6-7-11-15(14)19(23)26)17(24)22-20(27)21-12-13-8-4-3-5-9-13/h3-11,16H,2,12H2,1H3,(H2,21,22,24,27)/t16-/m0/s1. The summed E-state index contributed by atoms with van der Waals surface area (Å²) in [6, 6.07) is 13.9. The molecule has 5 amide bonds. The molecule has 0 fully saturated rings. The van der Waals surface area contributed by atoms with E-state index < -0.39 is 29.8 Å². The summed E-state index contributed by atoms with van der Waals surface area (Å²) in [5.74, 6) is -1.75. The first-order valence-corrected chi connectivity index (χ1v) is 8.62. The van der Waals surface area contributed by atoms with Gasteiger partial charge in [-0.3, -0.25) is 24.6 Å². The molecule has 2 N–H and O–H groups in total. The largest absolute Gasteiger partial charge is 0.334 e. The highest BCUT2D eigenvalue weighted by atomic mass is 16.2. The smallest absolute Gasteiger partial charge is 0.321 e. The maximum Gasteiger partial charge on any atom is 0.321 e. The van der Waals surface area contributed by atoms with Crippen molar-refractivity contribution in [2.75, 3.05) is 0 Å². The Bertz CT molecular complexity index is 860. The van der Waals surface area contributed by atoms with Crippen LogP contribution >= 0.6 is 0 Å². The number of nitrogens with one attached hydrogen (secondary N) is 2. The first-order chi connectivity index (χ1) is 13.0. The Kier molecular flexibility index (Phi) is 5.30. The van der Waals surface area contributed by atoms with Crippen LogP contribution in [0.4, 0.5) is 4.79 Å². The maximum atomic E-state index is 12.5. The Morgan fingerprint density at radius 3 is 2.04 bits per heavy atom. The van der Waals surface area contributed by atoms with Gasteiger partial charge in [-0.1, -0.05) is 49.4 Å². The average molecular weight is 365 g/mol. The van der Waals surface area contributed by atoms with Crippen molar-refractivity contribution in [1.29, 1.82) is 0 Å². The number of carbonyl (C=O) groups excluding carboxylic acids is 4. The van der Waals surface area contributed by atoms with Gasteiger partial charge < -0.3 is 5.32 Å². The Hall–Kier alpha value is -3.48. The molecular weight excluding hydrogens is 346 g/mol. The van der Waals surface area contributed by atoms with Crippen molar-refractivity contribution in [2.45, 2.75) is 25.9 Å². The molecule has 0 radical (unpaired) electrons. The third-order valence-corrected chi connectivity index (χ3v) is 4.36. The summed E-state index contributed by atoms with van der Waals surface area (Å²) in [5, 5.41) is 4.79.